The van der Waals surface area contributed by atoms with Crippen LogP contribution in [0.3, 0.4) is 0 Å². The molecule has 1 heterocycles. The van der Waals surface area contributed by atoms with Crippen molar-refractivity contribution in [3.05, 3.63) is 88.6 Å². The zero-order valence-corrected chi connectivity index (χ0v) is 18.0. The summed E-state index contributed by atoms with van der Waals surface area (Å²) < 4.78 is 5.99. The van der Waals surface area contributed by atoms with Crippen molar-refractivity contribution in [3.63, 3.8) is 0 Å². The van der Waals surface area contributed by atoms with Crippen LogP contribution in [0, 0.1) is 24.7 Å². The maximum Gasteiger partial charge on any atom is 0.122 e. The monoisotopic (exact) mass is 414 g/mol. The highest BCUT2D eigenvalue weighted by molar-refractivity contribution is 6.30. The van der Waals surface area contributed by atoms with Gasteiger partial charge in [0.2, 0.25) is 0 Å². The molecule has 0 N–H and O–H groups in total. The van der Waals surface area contributed by atoms with E-state index in [2.05, 4.69) is 29.8 Å². The van der Waals surface area contributed by atoms with E-state index in [1.54, 1.807) is 5.92 Å². The Kier molecular flexibility index (Phi) is 6.72. The number of aromatic nitrogens is 1. The van der Waals surface area contributed by atoms with E-state index in [1.807, 2.05) is 54.7 Å². The van der Waals surface area contributed by atoms with Crippen molar-refractivity contribution in [1.82, 2.24) is 4.98 Å². The summed E-state index contributed by atoms with van der Waals surface area (Å²) in [7, 11) is 0. The lowest BCUT2D eigenvalue weighted by Gasteiger charge is -2.12. The van der Waals surface area contributed by atoms with E-state index < -0.39 is 0 Å². The van der Waals surface area contributed by atoms with Crippen molar-refractivity contribution in [2.45, 2.75) is 39.0 Å². The predicted molar refractivity (Wildman–Crippen MR) is 124 cm³/mol. The fourth-order valence-electron chi connectivity index (χ4n) is 3.74. The summed E-state index contributed by atoms with van der Waals surface area (Å²) in [6.45, 7) is 2.84. The molecular formula is C27H25ClNO. The first kappa shape index (κ1) is 20.5. The molecule has 1 aliphatic rings. The van der Waals surface area contributed by atoms with E-state index in [0.717, 1.165) is 51.7 Å². The topological polar surface area (TPSA) is 22.1 Å². The largest absolute Gasteiger partial charge is 0.493 e. The van der Waals surface area contributed by atoms with Crippen LogP contribution in [0.5, 0.6) is 5.75 Å². The SMILES string of the molecule is Cc1cc(C#Cc2ccc(-c3ccc(Cl)cc3)cn2)ccc1OCC[C]1CCCC1. The lowest BCUT2D eigenvalue weighted by molar-refractivity contribution is 0.310. The molecule has 0 atom stereocenters. The number of halogens is 1. The van der Waals surface area contributed by atoms with Crippen molar-refractivity contribution < 1.29 is 4.74 Å². The van der Waals surface area contributed by atoms with Crippen LogP contribution in [0.2, 0.25) is 5.02 Å². The first-order chi connectivity index (χ1) is 14.7. The van der Waals surface area contributed by atoms with Gasteiger partial charge in [0.25, 0.3) is 0 Å². The molecule has 2 nitrogen and oxygen atoms in total. The van der Waals surface area contributed by atoms with Gasteiger partial charge in [0, 0.05) is 22.3 Å². The van der Waals surface area contributed by atoms with Crippen molar-refractivity contribution >= 4 is 11.6 Å². The summed E-state index contributed by atoms with van der Waals surface area (Å²) >= 11 is 5.95. The summed E-state index contributed by atoms with van der Waals surface area (Å²) in [5.74, 6) is 8.96. The molecule has 3 heteroatoms. The molecule has 0 aliphatic heterocycles. The maximum absolute atomic E-state index is 5.99. The van der Waals surface area contributed by atoms with Gasteiger partial charge in [-0.1, -0.05) is 48.6 Å². The van der Waals surface area contributed by atoms with Gasteiger partial charge in [0.1, 0.15) is 11.4 Å². The Balaban J connectivity index is 1.37. The van der Waals surface area contributed by atoms with E-state index in [1.165, 1.54) is 25.7 Å². The van der Waals surface area contributed by atoms with Crippen LogP contribution in [0.15, 0.2) is 60.8 Å². The molecule has 3 aromatic rings. The molecule has 0 bridgehead atoms. The third-order valence-corrected chi connectivity index (χ3v) is 5.73. The van der Waals surface area contributed by atoms with Crippen LogP contribution in [0.25, 0.3) is 11.1 Å². The van der Waals surface area contributed by atoms with Crippen LogP contribution in [-0.4, -0.2) is 11.6 Å². The summed E-state index contributed by atoms with van der Waals surface area (Å²) in [5, 5.41) is 0.730. The molecule has 1 aliphatic carbocycles. The number of hydrogen-bond acceptors (Lipinski definition) is 2. The first-order valence-electron chi connectivity index (χ1n) is 10.5. The molecule has 4 rings (SSSR count). The van der Waals surface area contributed by atoms with Gasteiger partial charge < -0.3 is 4.74 Å². The maximum atomic E-state index is 5.99. The van der Waals surface area contributed by atoms with Crippen molar-refractivity contribution in [2.24, 2.45) is 0 Å². The second-order valence-electron chi connectivity index (χ2n) is 7.72. The molecule has 2 aromatic carbocycles. The fourth-order valence-corrected chi connectivity index (χ4v) is 3.86. The fraction of sp³-hybridized carbons (Fsp3) is 0.259. The van der Waals surface area contributed by atoms with E-state index in [9.17, 15) is 0 Å². The summed E-state index contributed by atoms with van der Waals surface area (Å²) in [5.41, 5.74) is 4.96. The van der Waals surface area contributed by atoms with Gasteiger partial charge in [0.05, 0.1) is 6.61 Å². The van der Waals surface area contributed by atoms with Gasteiger partial charge in [-0.2, -0.15) is 0 Å². The van der Waals surface area contributed by atoms with Crippen molar-refractivity contribution in [2.75, 3.05) is 6.61 Å². The molecule has 151 valence electrons. The Morgan fingerprint density at radius 2 is 1.70 bits per heavy atom. The van der Waals surface area contributed by atoms with Gasteiger partial charge >= 0.3 is 0 Å². The third kappa shape index (κ3) is 5.43. The normalized spacial score (nSPS) is 13.7. The number of hydrogen-bond donors (Lipinski definition) is 0. The van der Waals surface area contributed by atoms with Gasteiger partial charge in [0.15, 0.2) is 0 Å². The van der Waals surface area contributed by atoms with Gasteiger partial charge in [-0.3, -0.25) is 0 Å². The van der Waals surface area contributed by atoms with Crippen LogP contribution >= 0.6 is 11.6 Å². The second-order valence-corrected chi connectivity index (χ2v) is 8.16. The Morgan fingerprint density at radius 3 is 2.40 bits per heavy atom. The lowest BCUT2D eigenvalue weighted by Crippen LogP contribution is -2.03. The molecule has 0 unspecified atom stereocenters. The highest BCUT2D eigenvalue weighted by Crippen LogP contribution is 2.30. The number of pyridine rings is 1. The molecule has 0 saturated heterocycles. The zero-order chi connectivity index (χ0) is 20.8. The van der Waals surface area contributed by atoms with Gasteiger partial charge in [-0.15, -0.1) is 0 Å². The molecular weight excluding hydrogens is 390 g/mol. The predicted octanol–water partition coefficient (Wildman–Crippen LogP) is 7.03. The van der Waals surface area contributed by atoms with Crippen LogP contribution < -0.4 is 4.74 Å². The molecule has 1 aromatic heterocycles. The van der Waals surface area contributed by atoms with E-state index in [0.29, 0.717) is 0 Å². The third-order valence-electron chi connectivity index (χ3n) is 5.47. The standard InChI is InChI=1S/C27H25ClNO/c1-20-18-22(7-15-27(20)30-17-16-21-4-2-3-5-21)6-13-26-14-10-24(19-29-26)23-8-11-25(28)12-9-23/h7-12,14-15,18-19H,2-5,16-17H2,1H3. The van der Waals surface area contributed by atoms with Crippen molar-refractivity contribution in [3.8, 4) is 28.7 Å². The minimum absolute atomic E-state index is 0.730. The highest BCUT2D eigenvalue weighted by atomic mass is 35.5. The number of ether oxygens (including phenoxy) is 1. The average molecular weight is 415 g/mol. The number of aryl methyl sites for hydroxylation is 1. The quantitative estimate of drug-likeness (QED) is 0.418. The molecule has 0 spiro atoms. The molecule has 1 radical (unpaired) electrons. The Hall–Kier alpha value is -2.76. The molecule has 1 fully saturated rings. The van der Waals surface area contributed by atoms with Crippen molar-refractivity contribution in [1.29, 1.82) is 0 Å². The van der Waals surface area contributed by atoms with Gasteiger partial charge in [-0.05, 0) is 85.5 Å². The number of nitrogens with zero attached hydrogens (tertiary/aromatic N) is 1. The van der Waals surface area contributed by atoms with Gasteiger partial charge in [-0.25, -0.2) is 4.98 Å². The van der Waals surface area contributed by atoms with Crippen LogP contribution in [0.1, 0.15) is 48.9 Å². The minimum Gasteiger partial charge on any atom is -0.493 e. The van der Waals surface area contributed by atoms with E-state index in [4.69, 9.17) is 16.3 Å². The summed E-state index contributed by atoms with van der Waals surface area (Å²) in [6.07, 6.45) is 8.19. The molecule has 30 heavy (non-hydrogen) atoms. The number of benzene rings is 2. The van der Waals surface area contributed by atoms with E-state index >= 15 is 0 Å². The Bertz CT molecular complexity index is 1040. The Morgan fingerprint density at radius 1 is 0.933 bits per heavy atom. The Labute approximate surface area is 184 Å². The minimum atomic E-state index is 0.730. The highest BCUT2D eigenvalue weighted by Gasteiger charge is 2.15. The first-order valence-corrected chi connectivity index (χ1v) is 10.9. The average Bonchev–Trinajstić information content (AvgIpc) is 3.28. The molecule has 0 amide bonds. The van der Waals surface area contributed by atoms with Crippen LogP contribution in [-0.2, 0) is 0 Å². The zero-order valence-electron chi connectivity index (χ0n) is 17.2. The smallest absolute Gasteiger partial charge is 0.122 e. The summed E-state index contributed by atoms with van der Waals surface area (Å²) in [6, 6.07) is 17.8. The number of rotatable bonds is 5. The van der Waals surface area contributed by atoms with Crippen LogP contribution in [0.4, 0.5) is 0 Å². The second kappa shape index (κ2) is 9.83. The lowest BCUT2D eigenvalue weighted by atomic mass is 10.1. The van der Waals surface area contributed by atoms with E-state index in [-0.39, 0.29) is 0 Å². The molecule has 1 saturated carbocycles. The summed E-state index contributed by atoms with van der Waals surface area (Å²) in [4.78, 5) is 4.48.